The van der Waals surface area contributed by atoms with Crippen LogP contribution in [0.2, 0.25) is 0 Å². The van der Waals surface area contributed by atoms with Crippen molar-refractivity contribution in [2.75, 3.05) is 13.7 Å². The summed E-state index contributed by atoms with van der Waals surface area (Å²) in [6, 6.07) is 1.82. The number of methoxy groups -OCH3 is 1. The fourth-order valence-electron chi connectivity index (χ4n) is 2.46. The van der Waals surface area contributed by atoms with Crippen molar-refractivity contribution in [3.05, 3.63) is 14.7 Å². The maximum Gasteiger partial charge on any atom is 0.261 e. The summed E-state index contributed by atoms with van der Waals surface area (Å²) in [6.07, 6.45) is 4.18. The number of nitrogens with one attached hydrogen (secondary N) is 1. The van der Waals surface area contributed by atoms with Crippen molar-refractivity contribution in [3.63, 3.8) is 0 Å². The normalized spacial score (nSPS) is 23.1. The minimum absolute atomic E-state index is 0.0816. The number of hydrogen-bond donors (Lipinski definition) is 2. The Kier molecular flexibility index (Phi) is 5.24. The molecule has 2 unspecified atom stereocenters. The van der Waals surface area contributed by atoms with E-state index in [0.29, 0.717) is 10.6 Å². The number of hydrogen-bond acceptors (Lipinski definition) is 4. The lowest BCUT2D eigenvalue weighted by Crippen LogP contribution is -2.43. The Balaban J connectivity index is 2.03. The summed E-state index contributed by atoms with van der Waals surface area (Å²) in [5.41, 5.74) is 0. The predicted octanol–water partition coefficient (Wildman–Crippen LogP) is 2.80. The standard InChI is InChI=1S/C13H18BrNO3S/c1-18-10-6-11(19-12(10)14)13(17)15-9-5-3-2-4-8(9)7-16/h6,8-9,16H,2-5,7H2,1H3,(H,15,17). The van der Waals surface area contributed by atoms with E-state index in [2.05, 4.69) is 21.2 Å². The van der Waals surface area contributed by atoms with Crippen LogP contribution in [0.15, 0.2) is 9.85 Å². The summed E-state index contributed by atoms with van der Waals surface area (Å²) in [5, 5.41) is 12.4. The van der Waals surface area contributed by atoms with E-state index in [9.17, 15) is 9.90 Å². The van der Waals surface area contributed by atoms with Gasteiger partial charge in [-0.25, -0.2) is 0 Å². The molecule has 2 N–H and O–H groups in total. The van der Waals surface area contributed by atoms with Crippen molar-refractivity contribution in [3.8, 4) is 5.75 Å². The molecule has 1 aliphatic carbocycles. The summed E-state index contributed by atoms with van der Waals surface area (Å²) in [5.74, 6) is 0.778. The Bertz CT molecular complexity index is 449. The Morgan fingerprint density at radius 3 is 2.95 bits per heavy atom. The first-order valence-electron chi connectivity index (χ1n) is 6.40. The van der Waals surface area contributed by atoms with Crippen LogP contribution in [-0.2, 0) is 0 Å². The van der Waals surface area contributed by atoms with Crippen LogP contribution >= 0.6 is 27.3 Å². The SMILES string of the molecule is COc1cc(C(=O)NC2CCCCC2CO)sc1Br. The monoisotopic (exact) mass is 347 g/mol. The number of rotatable bonds is 4. The van der Waals surface area contributed by atoms with Gasteiger partial charge in [0.15, 0.2) is 0 Å². The van der Waals surface area contributed by atoms with Crippen molar-refractivity contribution in [1.82, 2.24) is 5.32 Å². The summed E-state index contributed by atoms with van der Waals surface area (Å²) >= 11 is 4.73. The second-order valence-corrected chi connectivity index (χ2v) is 7.13. The number of thiophene rings is 1. The first-order chi connectivity index (χ1) is 9.15. The van der Waals surface area contributed by atoms with Crippen LogP contribution in [-0.4, -0.2) is 30.8 Å². The number of halogens is 1. The molecule has 1 aromatic rings. The number of aliphatic hydroxyl groups is 1. The summed E-state index contributed by atoms with van der Waals surface area (Å²) in [6.45, 7) is 0.141. The molecule has 0 bridgehead atoms. The van der Waals surface area contributed by atoms with Crippen LogP contribution < -0.4 is 10.1 Å². The van der Waals surface area contributed by atoms with E-state index in [4.69, 9.17) is 4.74 Å². The van der Waals surface area contributed by atoms with Crippen LogP contribution in [0.3, 0.4) is 0 Å². The maximum atomic E-state index is 12.2. The third kappa shape index (κ3) is 3.49. The van der Waals surface area contributed by atoms with Gasteiger partial charge in [0.1, 0.15) is 9.54 Å². The Hall–Kier alpha value is -0.590. The largest absolute Gasteiger partial charge is 0.495 e. The Labute approximate surface area is 125 Å². The zero-order valence-corrected chi connectivity index (χ0v) is 13.2. The molecule has 2 atom stereocenters. The highest BCUT2D eigenvalue weighted by molar-refractivity contribution is 9.11. The van der Waals surface area contributed by atoms with E-state index in [1.807, 2.05) is 0 Å². The van der Waals surface area contributed by atoms with Crippen LogP contribution in [0.1, 0.15) is 35.4 Å². The van der Waals surface area contributed by atoms with E-state index in [0.717, 1.165) is 29.5 Å². The number of carbonyl (C=O) groups excluding carboxylic acids is 1. The van der Waals surface area contributed by atoms with Crippen molar-refractivity contribution in [2.45, 2.75) is 31.7 Å². The van der Waals surface area contributed by atoms with Crippen molar-refractivity contribution in [1.29, 1.82) is 0 Å². The fraction of sp³-hybridized carbons (Fsp3) is 0.615. The van der Waals surface area contributed by atoms with Gasteiger partial charge in [-0.1, -0.05) is 12.8 Å². The van der Waals surface area contributed by atoms with Gasteiger partial charge in [0, 0.05) is 24.6 Å². The lowest BCUT2D eigenvalue weighted by atomic mass is 9.85. The topological polar surface area (TPSA) is 58.6 Å². The minimum Gasteiger partial charge on any atom is -0.495 e. The molecule has 2 rings (SSSR count). The van der Waals surface area contributed by atoms with Gasteiger partial charge in [-0.15, -0.1) is 11.3 Å². The molecule has 6 heteroatoms. The molecule has 0 spiro atoms. The average molecular weight is 348 g/mol. The molecule has 0 radical (unpaired) electrons. The second-order valence-electron chi connectivity index (χ2n) is 4.76. The number of aliphatic hydroxyl groups excluding tert-OH is 1. The highest BCUT2D eigenvalue weighted by Gasteiger charge is 2.26. The zero-order chi connectivity index (χ0) is 13.8. The molecular formula is C13H18BrNO3S. The molecular weight excluding hydrogens is 330 g/mol. The van der Waals surface area contributed by atoms with E-state index in [1.54, 1.807) is 13.2 Å². The second kappa shape index (κ2) is 6.72. The molecule has 19 heavy (non-hydrogen) atoms. The van der Waals surface area contributed by atoms with Gasteiger partial charge < -0.3 is 15.2 Å². The van der Waals surface area contributed by atoms with Crippen molar-refractivity contribution < 1.29 is 14.6 Å². The smallest absolute Gasteiger partial charge is 0.261 e. The fourth-order valence-corrected chi connectivity index (χ4v) is 4.01. The van der Waals surface area contributed by atoms with Crippen molar-refractivity contribution in [2.24, 2.45) is 5.92 Å². The Morgan fingerprint density at radius 1 is 1.58 bits per heavy atom. The number of ether oxygens (including phenoxy) is 1. The maximum absolute atomic E-state index is 12.2. The molecule has 0 saturated heterocycles. The van der Waals surface area contributed by atoms with Crippen LogP contribution in [0.5, 0.6) is 5.75 Å². The van der Waals surface area contributed by atoms with Gasteiger partial charge in [0.25, 0.3) is 5.91 Å². The molecule has 4 nitrogen and oxygen atoms in total. The minimum atomic E-state index is -0.0839. The van der Waals surface area contributed by atoms with E-state index in [1.165, 1.54) is 11.3 Å². The summed E-state index contributed by atoms with van der Waals surface area (Å²) < 4.78 is 5.97. The van der Waals surface area contributed by atoms with Crippen LogP contribution in [0.25, 0.3) is 0 Å². The predicted molar refractivity (Wildman–Crippen MR) is 78.9 cm³/mol. The molecule has 106 valence electrons. The number of carbonyl (C=O) groups is 1. The van der Waals surface area contributed by atoms with Gasteiger partial charge in [0.05, 0.1) is 12.0 Å². The quantitative estimate of drug-likeness (QED) is 0.880. The molecule has 1 aliphatic rings. The van der Waals surface area contributed by atoms with E-state index >= 15 is 0 Å². The molecule has 1 saturated carbocycles. The zero-order valence-electron chi connectivity index (χ0n) is 10.8. The molecule has 1 fully saturated rings. The molecule has 1 heterocycles. The third-order valence-corrected chi connectivity index (χ3v) is 5.34. The highest BCUT2D eigenvalue weighted by atomic mass is 79.9. The third-order valence-electron chi connectivity index (χ3n) is 3.56. The summed E-state index contributed by atoms with van der Waals surface area (Å²) in [4.78, 5) is 12.8. The van der Waals surface area contributed by atoms with Crippen LogP contribution in [0.4, 0.5) is 0 Å². The van der Waals surface area contributed by atoms with E-state index < -0.39 is 0 Å². The lowest BCUT2D eigenvalue weighted by molar-refractivity contribution is 0.0876. The van der Waals surface area contributed by atoms with Crippen LogP contribution in [0, 0.1) is 5.92 Å². The Morgan fingerprint density at radius 2 is 2.32 bits per heavy atom. The van der Waals surface area contributed by atoms with Crippen molar-refractivity contribution >= 4 is 33.2 Å². The van der Waals surface area contributed by atoms with Gasteiger partial charge in [-0.2, -0.15) is 0 Å². The lowest BCUT2D eigenvalue weighted by Gasteiger charge is -2.30. The van der Waals surface area contributed by atoms with Gasteiger partial charge in [-0.3, -0.25) is 4.79 Å². The van der Waals surface area contributed by atoms with Gasteiger partial charge in [0.2, 0.25) is 0 Å². The summed E-state index contributed by atoms with van der Waals surface area (Å²) in [7, 11) is 1.58. The van der Waals surface area contributed by atoms with E-state index in [-0.39, 0.29) is 24.5 Å². The first-order valence-corrected chi connectivity index (χ1v) is 8.01. The number of amides is 1. The first kappa shape index (κ1) is 14.8. The van der Waals surface area contributed by atoms with Gasteiger partial charge in [-0.05, 0) is 28.8 Å². The molecule has 1 aromatic heterocycles. The molecule has 0 aliphatic heterocycles. The molecule has 0 aromatic carbocycles. The highest BCUT2D eigenvalue weighted by Crippen LogP contribution is 2.34. The average Bonchev–Trinajstić information content (AvgIpc) is 2.80. The van der Waals surface area contributed by atoms with Gasteiger partial charge >= 0.3 is 0 Å². The molecule has 1 amide bonds.